The Hall–Kier alpha value is -4.05. The molecule has 0 aliphatic carbocycles. The molecule has 7 heteroatoms. The van der Waals surface area contributed by atoms with E-state index in [4.69, 9.17) is 14.6 Å². The number of likely N-dealkylation sites (N-methyl/N-ethyl adjacent to an activating group) is 1. The van der Waals surface area contributed by atoms with Crippen molar-refractivity contribution < 1.29 is 14.3 Å². The highest BCUT2D eigenvalue weighted by molar-refractivity contribution is 6.02. The number of nitrogens with zero attached hydrogens (tertiary/aromatic N) is 3. The number of fused-ring (bicyclic) bond motifs is 1. The van der Waals surface area contributed by atoms with Crippen molar-refractivity contribution in [1.82, 2.24) is 15.1 Å². The highest BCUT2D eigenvalue weighted by atomic mass is 16.6. The number of amides is 1. The van der Waals surface area contributed by atoms with Crippen LogP contribution in [0.3, 0.4) is 0 Å². The van der Waals surface area contributed by atoms with Gasteiger partial charge in [0.1, 0.15) is 30.6 Å². The molecule has 0 spiro atoms. The van der Waals surface area contributed by atoms with E-state index in [-0.39, 0.29) is 5.57 Å². The van der Waals surface area contributed by atoms with E-state index in [1.54, 1.807) is 10.9 Å². The van der Waals surface area contributed by atoms with Gasteiger partial charge in [-0.05, 0) is 36.4 Å². The van der Waals surface area contributed by atoms with E-state index in [0.717, 1.165) is 11.3 Å². The summed E-state index contributed by atoms with van der Waals surface area (Å²) in [5.41, 5.74) is 2.93. The van der Waals surface area contributed by atoms with Crippen LogP contribution in [-0.2, 0) is 4.79 Å². The minimum atomic E-state index is -0.451. The van der Waals surface area contributed by atoms with Crippen molar-refractivity contribution in [2.24, 2.45) is 0 Å². The van der Waals surface area contributed by atoms with Gasteiger partial charge in [-0.1, -0.05) is 18.2 Å². The van der Waals surface area contributed by atoms with Gasteiger partial charge in [-0.25, -0.2) is 4.68 Å². The van der Waals surface area contributed by atoms with Crippen LogP contribution >= 0.6 is 0 Å². The third-order valence-electron chi connectivity index (χ3n) is 4.47. The van der Waals surface area contributed by atoms with Gasteiger partial charge >= 0.3 is 0 Å². The predicted molar refractivity (Wildman–Crippen MR) is 108 cm³/mol. The quantitative estimate of drug-likeness (QED) is 0.550. The molecule has 0 saturated carbocycles. The summed E-state index contributed by atoms with van der Waals surface area (Å²) in [6.07, 6.45) is 3.33. The smallest absolute Gasteiger partial charge is 0.261 e. The van der Waals surface area contributed by atoms with Crippen molar-refractivity contribution in [2.45, 2.75) is 0 Å². The molecule has 0 unspecified atom stereocenters. The van der Waals surface area contributed by atoms with Gasteiger partial charge in [0.05, 0.1) is 5.69 Å². The fraction of sp³-hybridized carbons (Fsp3) is 0.136. The van der Waals surface area contributed by atoms with Gasteiger partial charge < -0.3 is 14.8 Å². The van der Waals surface area contributed by atoms with Crippen LogP contribution in [0.15, 0.2) is 60.3 Å². The van der Waals surface area contributed by atoms with Crippen LogP contribution in [0.1, 0.15) is 5.56 Å². The number of para-hydroxylation sites is 1. The van der Waals surface area contributed by atoms with Crippen LogP contribution in [0, 0.1) is 11.3 Å². The van der Waals surface area contributed by atoms with E-state index in [1.807, 2.05) is 54.6 Å². The first kappa shape index (κ1) is 18.3. The largest absolute Gasteiger partial charge is 0.486 e. The molecule has 1 N–H and O–H groups in total. The third kappa shape index (κ3) is 3.69. The minimum Gasteiger partial charge on any atom is -0.486 e. The van der Waals surface area contributed by atoms with Gasteiger partial charge in [0, 0.05) is 24.4 Å². The molecule has 0 fully saturated rings. The zero-order valence-electron chi connectivity index (χ0n) is 15.8. The summed E-state index contributed by atoms with van der Waals surface area (Å²) in [5, 5.41) is 16.6. The predicted octanol–water partition coefficient (Wildman–Crippen LogP) is 2.96. The van der Waals surface area contributed by atoms with Gasteiger partial charge in [0.2, 0.25) is 0 Å². The molecular formula is C22H18N4O3. The first-order valence-corrected chi connectivity index (χ1v) is 9.08. The molecule has 0 saturated heterocycles. The highest BCUT2D eigenvalue weighted by Crippen LogP contribution is 2.35. The molecule has 1 aromatic heterocycles. The Morgan fingerprint density at radius 1 is 1.17 bits per heavy atom. The molecule has 1 aliphatic heterocycles. The lowest BCUT2D eigenvalue weighted by atomic mass is 10.0. The number of carbonyl (C=O) groups is 1. The molecule has 1 aliphatic rings. The summed E-state index contributed by atoms with van der Waals surface area (Å²) in [5.74, 6) is 0.875. The second kappa shape index (κ2) is 7.90. The molecule has 0 bridgehead atoms. The number of nitrogens with one attached hydrogen (secondary N) is 1. The number of hydrogen-bond acceptors (Lipinski definition) is 5. The molecule has 4 rings (SSSR count). The van der Waals surface area contributed by atoms with Crippen molar-refractivity contribution in [3.05, 3.63) is 65.9 Å². The number of hydrogen-bond donors (Lipinski definition) is 1. The monoisotopic (exact) mass is 386 g/mol. The first-order chi connectivity index (χ1) is 14.2. The van der Waals surface area contributed by atoms with Crippen molar-refractivity contribution >= 4 is 12.0 Å². The first-order valence-electron chi connectivity index (χ1n) is 9.08. The fourth-order valence-corrected chi connectivity index (χ4v) is 3.06. The molecule has 2 heterocycles. The number of rotatable bonds is 4. The Balaban J connectivity index is 1.85. The second-order valence-corrected chi connectivity index (χ2v) is 6.32. The fourth-order valence-electron chi connectivity index (χ4n) is 3.06. The van der Waals surface area contributed by atoms with Gasteiger partial charge in [-0.3, -0.25) is 4.79 Å². The zero-order valence-corrected chi connectivity index (χ0v) is 15.8. The van der Waals surface area contributed by atoms with E-state index in [2.05, 4.69) is 5.32 Å². The summed E-state index contributed by atoms with van der Waals surface area (Å²) >= 11 is 0. The maximum Gasteiger partial charge on any atom is 0.261 e. The standard InChI is InChI=1S/C22H18N4O3/c1-24-22(27)16(13-23)11-17-14-26(18-5-3-2-4-6-18)25-21(17)15-7-8-19-20(12-15)29-10-9-28-19/h2-8,11-12,14H,9-10H2,1H3,(H,24,27)/b16-11+. The Kier molecular flexibility index (Phi) is 4.99. The van der Waals surface area contributed by atoms with Gasteiger partial charge in [-0.15, -0.1) is 0 Å². The van der Waals surface area contributed by atoms with Crippen LogP contribution < -0.4 is 14.8 Å². The Bertz CT molecular complexity index is 1130. The highest BCUT2D eigenvalue weighted by Gasteiger charge is 2.18. The Morgan fingerprint density at radius 2 is 1.93 bits per heavy atom. The van der Waals surface area contributed by atoms with E-state index in [0.29, 0.717) is 36.0 Å². The summed E-state index contributed by atoms with van der Waals surface area (Å²) in [7, 11) is 1.49. The van der Waals surface area contributed by atoms with Crippen LogP contribution in [0.4, 0.5) is 0 Å². The van der Waals surface area contributed by atoms with Crippen molar-refractivity contribution in [3.63, 3.8) is 0 Å². The second-order valence-electron chi connectivity index (χ2n) is 6.32. The number of ether oxygens (including phenoxy) is 2. The van der Waals surface area contributed by atoms with Crippen LogP contribution in [0.25, 0.3) is 23.0 Å². The molecule has 3 aromatic rings. The summed E-state index contributed by atoms with van der Waals surface area (Å²) < 4.78 is 13.0. The van der Waals surface area contributed by atoms with Gasteiger partial charge in [0.15, 0.2) is 11.5 Å². The van der Waals surface area contributed by atoms with Crippen molar-refractivity contribution in [3.8, 4) is 34.5 Å². The SMILES string of the molecule is CNC(=O)/C(C#N)=C/c1cn(-c2ccccc2)nc1-c1ccc2c(c1)OCCO2. The summed E-state index contributed by atoms with van der Waals surface area (Å²) in [6, 6.07) is 17.1. The normalized spacial score (nSPS) is 12.9. The van der Waals surface area contributed by atoms with Crippen molar-refractivity contribution in [2.75, 3.05) is 20.3 Å². The number of nitriles is 1. The molecule has 144 valence electrons. The van der Waals surface area contributed by atoms with Crippen LogP contribution in [-0.4, -0.2) is 35.9 Å². The topological polar surface area (TPSA) is 89.2 Å². The lowest BCUT2D eigenvalue weighted by molar-refractivity contribution is -0.116. The average Bonchev–Trinajstić information content (AvgIpc) is 3.21. The van der Waals surface area contributed by atoms with E-state index < -0.39 is 5.91 Å². The number of aromatic nitrogens is 2. The van der Waals surface area contributed by atoms with E-state index in [9.17, 15) is 10.1 Å². The minimum absolute atomic E-state index is 0.00101. The summed E-state index contributed by atoms with van der Waals surface area (Å²) in [6.45, 7) is 0.998. The lowest BCUT2D eigenvalue weighted by Crippen LogP contribution is -2.19. The van der Waals surface area contributed by atoms with E-state index >= 15 is 0 Å². The number of carbonyl (C=O) groups excluding carboxylic acids is 1. The molecule has 0 atom stereocenters. The molecular weight excluding hydrogens is 368 g/mol. The zero-order chi connectivity index (χ0) is 20.2. The Labute approximate surface area is 167 Å². The van der Waals surface area contributed by atoms with Crippen LogP contribution in [0.5, 0.6) is 11.5 Å². The third-order valence-corrected chi connectivity index (χ3v) is 4.47. The van der Waals surface area contributed by atoms with E-state index in [1.165, 1.54) is 13.1 Å². The average molecular weight is 386 g/mol. The van der Waals surface area contributed by atoms with Crippen LogP contribution in [0.2, 0.25) is 0 Å². The van der Waals surface area contributed by atoms with Gasteiger partial charge in [-0.2, -0.15) is 10.4 Å². The Morgan fingerprint density at radius 3 is 2.66 bits per heavy atom. The lowest BCUT2D eigenvalue weighted by Gasteiger charge is -2.18. The molecule has 29 heavy (non-hydrogen) atoms. The maximum atomic E-state index is 12.0. The van der Waals surface area contributed by atoms with Gasteiger partial charge in [0.25, 0.3) is 5.91 Å². The molecule has 7 nitrogen and oxygen atoms in total. The summed E-state index contributed by atoms with van der Waals surface area (Å²) in [4.78, 5) is 12.0. The molecule has 0 radical (unpaired) electrons. The maximum absolute atomic E-state index is 12.0. The molecule has 2 aromatic carbocycles. The van der Waals surface area contributed by atoms with Crippen molar-refractivity contribution in [1.29, 1.82) is 5.26 Å². The molecule has 1 amide bonds. The number of benzene rings is 2.